The van der Waals surface area contributed by atoms with E-state index in [2.05, 4.69) is 14.7 Å². The van der Waals surface area contributed by atoms with Gasteiger partial charge < -0.3 is 14.4 Å². The number of halogens is 1. The van der Waals surface area contributed by atoms with Crippen LogP contribution in [0.4, 0.5) is 10.3 Å². The maximum atomic E-state index is 13.5. The van der Waals surface area contributed by atoms with E-state index >= 15 is 0 Å². The Balaban J connectivity index is 1.75. The molecule has 0 radical (unpaired) electrons. The molecule has 3 rings (SSSR count). The first kappa shape index (κ1) is 18.5. The van der Waals surface area contributed by atoms with Gasteiger partial charge in [0, 0.05) is 19.3 Å². The van der Waals surface area contributed by atoms with Gasteiger partial charge in [-0.3, -0.25) is 0 Å². The first-order chi connectivity index (χ1) is 12.5. The summed E-state index contributed by atoms with van der Waals surface area (Å²) < 4.78 is 51.2. The number of morpholine rings is 1. The Bertz CT molecular complexity index is 872. The number of aromatic nitrogens is 2. The Morgan fingerprint density at radius 2 is 2.08 bits per heavy atom. The summed E-state index contributed by atoms with van der Waals surface area (Å²) in [4.78, 5) is 10.3. The van der Waals surface area contributed by atoms with Gasteiger partial charge in [-0.25, -0.2) is 27.5 Å². The Morgan fingerprint density at radius 1 is 1.31 bits per heavy atom. The smallest absolute Gasteiger partial charge is 0.244 e. The molecule has 10 heteroatoms. The van der Waals surface area contributed by atoms with E-state index in [1.165, 1.54) is 13.2 Å². The highest BCUT2D eigenvalue weighted by Crippen LogP contribution is 2.24. The SMILES string of the molecule is COc1ccc(F)cc1S(=O)(=O)NCc1ccnc(N2CCOCC2)n1. The Hall–Kier alpha value is -2.30. The quantitative estimate of drug-likeness (QED) is 0.795. The van der Waals surface area contributed by atoms with E-state index in [0.29, 0.717) is 37.9 Å². The number of nitrogens with one attached hydrogen (secondary N) is 1. The second-order valence-corrected chi connectivity index (χ2v) is 7.30. The molecule has 1 aromatic heterocycles. The van der Waals surface area contributed by atoms with Crippen molar-refractivity contribution in [2.75, 3.05) is 38.3 Å². The van der Waals surface area contributed by atoms with Crippen molar-refractivity contribution in [2.24, 2.45) is 0 Å². The minimum atomic E-state index is -3.97. The number of hydrogen-bond donors (Lipinski definition) is 1. The lowest BCUT2D eigenvalue weighted by atomic mass is 10.3. The zero-order valence-corrected chi connectivity index (χ0v) is 15.0. The number of methoxy groups -OCH3 is 1. The number of ether oxygens (including phenoxy) is 2. The largest absolute Gasteiger partial charge is 0.495 e. The Morgan fingerprint density at radius 3 is 2.81 bits per heavy atom. The maximum absolute atomic E-state index is 13.5. The number of benzene rings is 1. The summed E-state index contributed by atoms with van der Waals surface area (Å²) >= 11 is 0. The average Bonchev–Trinajstić information content (AvgIpc) is 2.67. The molecule has 1 aromatic carbocycles. The number of nitrogens with zero attached hydrogens (tertiary/aromatic N) is 3. The highest BCUT2D eigenvalue weighted by Gasteiger charge is 2.21. The van der Waals surface area contributed by atoms with Crippen LogP contribution in [-0.4, -0.2) is 51.8 Å². The highest BCUT2D eigenvalue weighted by molar-refractivity contribution is 7.89. The number of sulfonamides is 1. The molecule has 0 bridgehead atoms. The third-order valence-electron chi connectivity index (χ3n) is 3.85. The Kier molecular flexibility index (Phi) is 5.64. The van der Waals surface area contributed by atoms with Crippen LogP contribution >= 0.6 is 0 Å². The zero-order valence-electron chi connectivity index (χ0n) is 14.2. The monoisotopic (exact) mass is 382 g/mol. The normalized spacial score (nSPS) is 15.1. The van der Waals surface area contributed by atoms with Crippen molar-refractivity contribution in [1.29, 1.82) is 0 Å². The molecule has 2 heterocycles. The summed E-state index contributed by atoms with van der Waals surface area (Å²) in [5, 5.41) is 0. The zero-order chi connectivity index (χ0) is 18.6. The van der Waals surface area contributed by atoms with Gasteiger partial charge in [-0.1, -0.05) is 0 Å². The summed E-state index contributed by atoms with van der Waals surface area (Å²) in [6, 6.07) is 4.94. The van der Waals surface area contributed by atoms with E-state index in [1.807, 2.05) is 4.90 Å². The van der Waals surface area contributed by atoms with Crippen LogP contribution < -0.4 is 14.4 Å². The predicted molar refractivity (Wildman–Crippen MR) is 92.0 cm³/mol. The molecule has 1 aliphatic rings. The van der Waals surface area contributed by atoms with Gasteiger partial charge in [-0.15, -0.1) is 0 Å². The predicted octanol–water partition coefficient (Wildman–Crippen LogP) is 0.939. The molecule has 0 amide bonds. The molecule has 0 spiro atoms. The van der Waals surface area contributed by atoms with Crippen LogP contribution in [0.25, 0.3) is 0 Å². The minimum absolute atomic E-state index is 0.0537. The van der Waals surface area contributed by atoms with E-state index in [9.17, 15) is 12.8 Å². The van der Waals surface area contributed by atoms with Gasteiger partial charge >= 0.3 is 0 Å². The molecular weight excluding hydrogens is 363 g/mol. The molecule has 8 nitrogen and oxygen atoms in total. The third-order valence-corrected chi connectivity index (χ3v) is 5.28. The summed E-state index contributed by atoms with van der Waals surface area (Å²) in [5.74, 6) is -0.0771. The van der Waals surface area contributed by atoms with Crippen LogP contribution in [0, 0.1) is 5.82 Å². The van der Waals surface area contributed by atoms with Crippen LogP contribution in [0.2, 0.25) is 0 Å². The van der Waals surface area contributed by atoms with Crippen molar-refractivity contribution in [2.45, 2.75) is 11.4 Å². The average molecular weight is 382 g/mol. The van der Waals surface area contributed by atoms with Crippen molar-refractivity contribution >= 4 is 16.0 Å². The molecule has 0 saturated carbocycles. The molecule has 2 aromatic rings. The van der Waals surface area contributed by atoms with Gasteiger partial charge in [0.15, 0.2) is 0 Å². The van der Waals surface area contributed by atoms with Crippen LogP contribution in [-0.2, 0) is 21.3 Å². The van der Waals surface area contributed by atoms with Crippen LogP contribution in [0.5, 0.6) is 5.75 Å². The molecule has 26 heavy (non-hydrogen) atoms. The molecule has 0 aliphatic carbocycles. The number of anilines is 1. The van der Waals surface area contributed by atoms with Crippen molar-refractivity contribution < 1.29 is 22.3 Å². The van der Waals surface area contributed by atoms with Gasteiger partial charge in [0.2, 0.25) is 16.0 Å². The highest BCUT2D eigenvalue weighted by atomic mass is 32.2. The van der Waals surface area contributed by atoms with Crippen molar-refractivity contribution in [1.82, 2.24) is 14.7 Å². The Labute approximate surface area is 151 Å². The van der Waals surface area contributed by atoms with Gasteiger partial charge in [-0.05, 0) is 24.3 Å². The summed E-state index contributed by atoms with van der Waals surface area (Å²) in [6.45, 7) is 2.49. The molecule has 1 aliphatic heterocycles. The molecule has 140 valence electrons. The molecule has 0 atom stereocenters. The van der Waals surface area contributed by atoms with Gasteiger partial charge in [0.05, 0.1) is 32.6 Å². The standard InChI is InChI=1S/C16H19FN4O4S/c1-24-14-3-2-12(17)10-15(14)26(22,23)19-11-13-4-5-18-16(20-13)21-6-8-25-9-7-21/h2-5,10,19H,6-9,11H2,1H3. The van der Waals surface area contributed by atoms with Crippen molar-refractivity contribution in [3.63, 3.8) is 0 Å². The fourth-order valence-electron chi connectivity index (χ4n) is 2.51. The van der Waals surface area contributed by atoms with E-state index in [-0.39, 0.29) is 17.2 Å². The van der Waals surface area contributed by atoms with Crippen LogP contribution in [0.3, 0.4) is 0 Å². The second kappa shape index (κ2) is 7.94. The van der Waals surface area contributed by atoms with E-state index in [1.54, 1.807) is 12.3 Å². The lowest BCUT2D eigenvalue weighted by Gasteiger charge is -2.26. The molecule has 1 saturated heterocycles. The van der Waals surface area contributed by atoms with Crippen molar-refractivity contribution in [3.8, 4) is 5.75 Å². The van der Waals surface area contributed by atoms with Gasteiger partial charge in [0.1, 0.15) is 16.5 Å². The maximum Gasteiger partial charge on any atom is 0.244 e. The number of hydrogen-bond acceptors (Lipinski definition) is 7. The molecule has 1 N–H and O–H groups in total. The third kappa shape index (κ3) is 4.26. The van der Waals surface area contributed by atoms with E-state index in [4.69, 9.17) is 9.47 Å². The summed E-state index contributed by atoms with van der Waals surface area (Å²) in [7, 11) is -2.65. The number of rotatable bonds is 6. The lowest BCUT2D eigenvalue weighted by molar-refractivity contribution is 0.122. The topological polar surface area (TPSA) is 93.7 Å². The lowest BCUT2D eigenvalue weighted by Crippen LogP contribution is -2.37. The molecular formula is C16H19FN4O4S. The fraction of sp³-hybridized carbons (Fsp3) is 0.375. The van der Waals surface area contributed by atoms with Crippen LogP contribution in [0.1, 0.15) is 5.69 Å². The van der Waals surface area contributed by atoms with E-state index < -0.39 is 15.8 Å². The fourth-order valence-corrected chi connectivity index (χ4v) is 3.68. The van der Waals surface area contributed by atoms with Crippen molar-refractivity contribution in [3.05, 3.63) is 42.0 Å². The first-order valence-electron chi connectivity index (χ1n) is 7.97. The minimum Gasteiger partial charge on any atom is -0.495 e. The van der Waals surface area contributed by atoms with E-state index in [0.717, 1.165) is 12.1 Å². The first-order valence-corrected chi connectivity index (χ1v) is 9.46. The van der Waals surface area contributed by atoms with Crippen LogP contribution in [0.15, 0.2) is 35.4 Å². The second-order valence-electron chi connectivity index (χ2n) is 5.57. The summed E-state index contributed by atoms with van der Waals surface area (Å²) in [6.07, 6.45) is 1.57. The summed E-state index contributed by atoms with van der Waals surface area (Å²) in [5.41, 5.74) is 0.500. The molecule has 1 fully saturated rings. The van der Waals surface area contributed by atoms with Gasteiger partial charge in [0.25, 0.3) is 0 Å². The van der Waals surface area contributed by atoms with Gasteiger partial charge in [-0.2, -0.15) is 0 Å². The molecule has 0 unspecified atom stereocenters.